The largest absolute Gasteiger partial charge is 0.270 e. The van der Waals surface area contributed by atoms with Gasteiger partial charge in [0.1, 0.15) is 0 Å². The van der Waals surface area contributed by atoms with E-state index in [4.69, 9.17) is 0 Å². The van der Waals surface area contributed by atoms with Crippen molar-refractivity contribution in [1.82, 2.24) is 0 Å². The molecule has 0 saturated carbocycles. The van der Waals surface area contributed by atoms with Crippen LogP contribution in [0.1, 0.15) is 0 Å². The topological polar surface area (TPSA) is 47.2 Å². The molecule has 0 bridgehead atoms. The highest BCUT2D eigenvalue weighted by Crippen LogP contribution is 2.22. The second-order valence-corrected chi connectivity index (χ2v) is 3.84. The molecule has 82 valence electrons. The van der Waals surface area contributed by atoms with Crippen LogP contribution in [0.3, 0.4) is 0 Å². The van der Waals surface area contributed by atoms with Crippen LogP contribution in [0.2, 0.25) is 0 Å². The minimum Gasteiger partial charge on any atom is -0.258 e. The Kier molecular flexibility index (Phi) is 2.01. The van der Waals surface area contributed by atoms with E-state index in [1.807, 2.05) is 41.1 Å². The predicted octanol–water partition coefficient (Wildman–Crippen LogP) is 2.49. The first-order valence-electron chi connectivity index (χ1n) is 5.23. The van der Waals surface area contributed by atoms with Gasteiger partial charge in [0, 0.05) is 30.3 Å². The second kappa shape index (κ2) is 3.52. The summed E-state index contributed by atoms with van der Waals surface area (Å²) in [5, 5.41) is 12.7. The van der Waals surface area contributed by atoms with Crippen LogP contribution in [-0.2, 0) is 0 Å². The van der Waals surface area contributed by atoms with E-state index >= 15 is 0 Å². The van der Waals surface area contributed by atoms with Gasteiger partial charge in [0.05, 0.1) is 10.3 Å². The van der Waals surface area contributed by atoms with Crippen molar-refractivity contribution in [3.63, 3.8) is 0 Å². The van der Waals surface area contributed by atoms with Crippen LogP contribution in [0, 0.1) is 10.1 Å². The normalized spacial score (nSPS) is 10.8. The third kappa shape index (κ3) is 1.50. The highest BCUT2D eigenvalue weighted by Gasteiger charge is 2.11. The highest BCUT2D eigenvalue weighted by molar-refractivity contribution is 5.94. The molecule has 2 heterocycles. The molecule has 0 spiro atoms. The molecule has 4 heteroatoms. The van der Waals surface area contributed by atoms with Crippen LogP contribution in [-0.4, -0.2) is 4.92 Å². The van der Waals surface area contributed by atoms with Crippen LogP contribution < -0.4 is 4.40 Å². The Bertz CT molecular complexity index is 738. The second-order valence-electron chi connectivity index (χ2n) is 3.84. The summed E-state index contributed by atoms with van der Waals surface area (Å²) in [7, 11) is 0. The number of nitro benzene ring substituents is 1. The van der Waals surface area contributed by atoms with E-state index in [-0.39, 0.29) is 10.6 Å². The number of pyridine rings is 2. The van der Waals surface area contributed by atoms with Crippen molar-refractivity contribution in [2.75, 3.05) is 0 Å². The van der Waals surface area contributed by atoms with Gasteiger partial charge in [0.15, 0.2) is 12.4 Å². The number of fused-ring (bicyclic) bond motifs is 3. The molecule has 3 rings (SSSR count). The molecule has 0 atom stereocenters. The summed E-state index contributed by atoms with van der Waals surface area (Å²) < 4.78 is 1.95. The summed E-state index contributed by atoms with van der Waals surface area (Å²) in [6, 6.07) is 12.7. The average Bonchev–Trinajstić information content (AvgIpc) is 2.38. The Labute approximate surface area is 96.9 Å². The lowest BCUT2D eigenvalue weighted by molar-refractivity contribution is -0.510. The van der Waals surface area contributed by atoms with E-state index in [2.05, 4.69) is 0 Å². The quantitative estimate of drug-likeness (QED) is 0.276. The number of rotatable bonds is 1. The number of non-ortho nitro benzene ring substituents is 1. The Hall–Kier alpha value is -2.49. The summed E-state index contributed by atoms with van der Waals surface area (Å²) in [5.41, 5.74) is 1.09. The molecule has 0 saturated heterocycles. The lowest BCUT2D eigenvalue weighted by atomic mass is 10.1. The van der Waals surface area contributed by atoms with Crippen LogP contribution in [0.4, 0.5) is 5.69 Å². The monoisotopic (exact) mass is 225 g/mol. The molecule has 0 aliphatic heterocycles. The molecule has 1 aromatic carbocycles. The molecule has 4 nitrogen and oxygen atoms in total. The zero-order chi connectivity index (χ0) is 11.8. The Balaban J connectivity index is 2.46. The van der Waals surface area contributed by atoms with Crippen molar-refractivity contribution in [2.24, 2.45) is 0 Å². The minimum absolute atomic E-state index is 0.120. The summed E-state index contributed by atoms with van der Waals surface area (Å²) in [6.07, 6.45) is 3.87. The maximum Gasteiger partial charge on any atom is 0.270 e. The van der Waals surface area contributed by atoms with Gasteiger partial charge in [0.2, 0.25) is 5.52 Å². The standard InChI is InChI=1S/C13H9N2O2/c16-15(17)11-5-4-10-6-8-14-7-2-1-3-13(14)12(10)9-11/h1-9H/q+1. The smallest absolute Gasteiger partial charge is 0.258 e. The highest BCUT2D eigenvalue weighted by atomic mass is 16.6. The molecule has 0 N–H and O–H groups in total. The van der Waals surface area contributed by atoms with Crippen molar-refractivity contribution < 1.29 is 9.32 Å². The zero-order valence-corrected chi connectivity index (χ0v) is 8.91. The van der Waals surface area contributed by atoms with Gasteiger partial charge in [-0.25, -0.2) is 0 Å². The summed E-state index contributed by atoms with van der Waals surface area (Å²) in [4.78, 5) is 10.4. The number of hydrogen-bond acceptors (Lipinski definition) is 2. The molecule has 0 aliphatic carbocycles. The third-order valence-corrected chi connectivity index (χ3v) is 2.83. The van der Waals surface area contributed by atoms with Crippen molar-refractivity contribution in [3.8, 4) is 0 Å². The van der Waals surface area contributed by atoms with Gasteiger partial charge >= 0.3 is 0 Å². The SMILES string of the molecule is O=[N+]([O-])c1ccc2cc[n+]3ccccc3c2c1. The zero-order valence-electron chi connectivity index (χ0n) is 8.91. The summed E-state index contributed by atoms with van der Waals surface area (Å²) in [6.45, 7) is 0. The fraction of sp³-hybridized carbons (Fsp3) is 0. The van der Waals surface area contributed by atoms with E-state index in [1.54, 1.807) is 12.1 Å². The van der Waals surface area contributed by atoms with Gasteiger partial charge in [-0.1, -0.05) is 0 Å². The van der Waals surface area contributed by atoms with E-state index in [0.717, 1.165) is 16.3 Å². The van der Waals surface area contributed by atoms with Crippen LogP contribution in [0.5, 0.6) is 0 Å². The van der Waals surface area contributed by atoms with Gasteiger partial charge in [-0.05, 0) is 17.5 Å². The van der Waals surface area contributed by atoms with Crippen molar-refractivity contribution in [1.29, 1.82) is 0 Å². The fourth-order valence-electron chi connectivity index (χ4n) is 2.00. The number of nitrogens with zero attached hydrogens (tertiary/aromatic N) is 2. The maximum atomic E-state index is 10.8. The molecule has 0 unspecified atom stereocenters. The first kappa shape index (κ1) is 9.72. The number of benzene rings is 1. The molecule has 3 aromatic rings. The number of aromatic nitrogens is 1. The van der Waals surface area contributed by atoms with Crippen molar-refractivity contribution in [2.45, 2.75) is 0 Å². The predicted molar refractivity (Wildman–Crippen MR) is 63.8 cm³/mol. The average molecular weight is 225 g/mol. The molecular formula is C13H9N2O2+. The van der Waals surface area contributed by atoms with E-state index in [1.165, 1.54) is 6.07 Å². The van der Waals surface area contributed by atoms with E-state index < -0.39 is 0 Å². The number of nitro groups is 1. The third-order valence-electron chi connectivity index (χ3n) is 2.83. The number of hydrogen-bond donors (Lipinski definition) is 0. The van der Waals surface area contributed by atoms with Crippen LogP contribution in [0.15, 0.2) is 54.9 Å². The summed E-state index contributed by atoms with van der Waals surface area (Å²) >= 11 is 0. The molecule has 0 amide bonds. The molecule has 17 heavy (non-hydrogen) atoms. The van der Waals surface area contributed by atoms with Gasteiger partial charge in [0.25, 0.3) is 5.69 Å². The lowest BCUT2D eigenvalue weighted by Crippen LogP contribution is -2.19. The van der Waals surface area contributed by atoms with Crippen molar-refractivity contribution >= 4 is 22.0 Å². The van der Waals surface area contributed by atoms with Gasteiger partial charge < -0.3 is 0 Å². The first-order valence-corrected chi connectivity index (χ1v) is 5.23. The Morgan fingerprint density at radius 1 is 1.06 bits per heavy atom. The summed E-state index contributed by atoms with van der Waals surface area (Å²) in [5.74, 6) is 0. The maximum absolute atomic E-state index is 10.8. The molecular weight excluding hydrogens is 216 g/mol. The first-order chi connectivity index (χ1) is 8.25. The van der Waals surface area contributed by atoms with Crippen molar-refractivity contribution in [3.05, 3.63) is 65.0 Å². The Morgan fingerprint density at radius 3 is 2.76 bits per heavy atom. The fourth-order valence-corrected chi connectivity index (χ4v) is 2.00. The molecule has 2 aromatic heterocycles. The van der Waals surface area contributed by atoms with Gasteiger partial charge in [-0.3, -0.25) is 10.1 Å². The lowest BCUT2D eigenvalue weighted by Gasteiger charge is -1.98. The minimum atomic E-state index is -0.369. The van der Waals surface area contributed by atoms with E-state index in [0.29, 0.717) is 0 Å². The molecule has 0 aliphatic rings. The van der Waals surface area contributed by atoms with E-state index in [9.17, 15) is 10.1 Å². The van der Waals surface area contributed by atoms with Gasteiger partial charge in [-0.2, -0.15) is 4.40 Å². The van der Waals surface area contributed by atoms with Crippen LogP contribution >= 0.6 is 0 Å². The van der Waals surface area contributed by atoms with Crippen LogP contribution in [0.25, 0.3) is 16.3 Å². The molecule has 0 fully saturated rings. The molecule has 0 radical (unpaired) electrons. The van der Waals surface area contributed by atoms with Gasteiger partial charge in [-0.15, -0.1) is 0 Å². The Morgan fingerprint density at radius 2 is 1.94 bits per heavy atom.